The molecule has 2 heterocycles. The summed E-state index contributed by atoms with van der Waals surface area (Å²) in [6, 6.07) is 5.87. The van der Waals surface area contributed by atoms with Crippen molar-refractivity contribution in [3.8, 4) is 5.75 Å². The number of piperidine rings is 1. The number of carbonyl (C=O) groups is 3. The van der Waals surface area contributed by atoms with Crippen molar-refractivity contribution in [1.29, 1.82) is 0 Å². The summed E-state index contributed by atoms with van der Waals surface area (Å²) in [7, 11) is 1.65. The zero-order valence-electron chi connectivity index (χ0n) is 27.1. The van der Waals surface area contributed by atoms with E-state index in [9.17, 15) is 14.4 Å². The van der Waals surface area contributed by atoms with E-state index in [-0.39, 0.29) is 41.6 Å². The number of rotatable bonds is 13. The second-order valence-corrected chi connectivity index (χ2v) is 13.5. The number of hydrogen-bond acceptors (Lipinski definition) is 7. The second kappa shape index (κ2) is 14.6. The fourth-order valence-electron chi connectivity index (χ4n) is 7.05. The molecule has 0 spiro atoms. The van der Waals surface area contributed by atoms with E-state index < -0.39 is 5.60 Å². The van der Waals surface area contributed by atoms with E-state index in [1.807, 2.05) is 30.0 Å². The average molecular weight is 613 g/mol. The van der Waals surface area contributed by atoms with Crippen LogP contribution in [0, 0.1) is 17.8 Å². The number of hydrogen-bond donors (Lipinski definition) is 2. The van der Waals surface area contributed by atoms with Gasteiger partial charge in [0.05, 0.1) is 30.2 Å². The molecule has 3 amide bonds. The maximum atomic E-state index is 14.2. The molecule has 4 aliphatic rings. The van der Waals surface area contributed by atoms with Gasteiger partial charge in [-0.2, -0.15) is 0 Å². The summed E-state index contributed by atoms with van der Waals surface area (Å²) in [5.74, 6) is 0.425. The SMILES string of the molecule is CCOC[C@@H](NC(=O)[C@@H]1CNC[C@H](C(=O)N(c2ccc3c(c2)N(CCCOC)C(=O)C(C)(C)O3)C2CC2)C1)C1CCCCC1. The number of fused-ring (bicyclic) bond motifs is 1. The first-order valence-electron chi connectivity index (χ1n) is 16.8. The highest BCUT2D eigenvalue weighted by Gasteiger charge is 2.43. The summed E-state index contributed by atoms with van der Waals surface area (Å²) in [5.41, 5.74) is 0.475. The van der Waals surface area contributed by atoms with Crippen molar-refractivity contribution in [2.75, 3.05) is 56.4 Å². The van der Waals surface area contributed by atoms with Crippen LogP contribution in [0.1, 0.15) is 78.6 Å². The lowest BCUT2D eigenvalue weighted by molar-refractivity contribution is -0.132. The van der Waals surface area contributed by atoms with Gasteiger partial charge in [-0.25, -0.2) is 0 Å². The normalized spacial score (nSPS) is 24.3. The third-order valence-corrected chi connectivity index (χ3v) is 9.64. The fraction of sp³-hybridized carbons (Fsp3) is 0.735. The first-order valence-corrected chi connectivity index (χ1v) is 16.8. The van der Waals surface area contributed by atoms with Gasteiger partial charge in [0.2, 0.25) is 11.8 Å². The highest BCUT2D eigenvalue weighted by Crippen LogP contribution is 2.43. The van der Waals surface area contributed by atoms with Crippen molar-refractivity contribution in [2.45, 2.75) is 96.2 Å². The van der Waals surface area contributed by atoms with Crippen LogP contribution in [0.2, 0.25) is 0 Å². The molecule has 0 radical (unpaired) electrons. The van der Waals surface area contributed by atoms with Gasteiger partial charge in [-0.1, -0.05) is 19.3 Å². The lowest BCUT2D eigenvalue weighted by atomic mass is 9.83. The predicted molar refractivity (Wildman–Crippen MR) is 170 cm³/mol. The third-order valence-electron chi connectivity index (χ3n) is 9.64. The number of benzene rings is 1. The second-order valence-electron chi connectivity index (χ2n) is 13.5. The number of anilines is 2. The Bertz CT molecular complexity index is 1160. The van der Waals surface area contributed by atoms with Crippen LogP contribution >= 0.6 is 0 Å². The van der Waals surface area contributed by atoms with Gasteiger partial charge in [-0.15, -0.1) is 0 Å². The fourth-order valence-corrected chi connectivity index (χ4v) is 7.05. The van der Waals surface area contributed by atoms with Crippen LogP contribution in [-0.4, -0.2) is 82.0 Å². The minimum absolute atomic E-state index is 0.0130. The molecular weight excluding hydrogens is 560 g/mol. The highest BCUT2D eigenvalue weighted by atomic mass is 16.5. The summed E-state index contributed by atoms with van der Waals surface area (Å²) in [5, 5.41) is 6.71. The van der Waals surface area contributed by atoms with Crippen molar-refractivity contribution in [3.05, 3.63) is 18.2 Å². The molecule has 2 aliphatic carbocycles. The summed E-state index contributed by atoms with van der Waals surface area (Å²) in [6.45, 7) is 8.87. The van der Waals surface area contributed by atoms with Crippen LogP contribution < -0.4 is 25.2 Å². The van der Waals surface area contributed by atoms with Gasteiger partial charge < -0.3 is 34.6 Å². The number of nitrogens with one attached hydrogen (secondary N) is 2. The van der Waals surface area contributed by atoms with Crippen LogP contribution in [-0.2, 0) is 23.9 Å². The van der Waals surface area contributed by atoms with Crippen molar-refractivity contribution in [1.82, 2.24) is 10.6 Å². The molecule has 2 N–H and O–H groups in total. The lowest BCUT2D eigenvalue weighted by Crippen LogP contribution is -2.53. The van der Waals surface area contributed by atoms with E-state index in [1.165, 1.54) is 19.3 Å². The Balaban J connectivity index is 1.30. The molecule has 244 valence electrons. The van der Waals surface area contributed by atoms with Crippen molar-refractivity contribution < 1.29 is 28.6 Å². The lowest BCUT2D eigenvalue weighted by Gasteiger charge is -2.40. The van der Waals surface area contributed by atoms with Crippen LogP contribution in [0.4, 0.5) is 11.4 Å². The van der Waals surface area contributed by atoms with Gasteiger partial charge in [-0.05, 0) is 83.4 Å². The quantitative estimate of drug-likeness (QED) is 0.324. The summed E-state index contributed by atoms with van der Waals surface area (Å²) >= 11 is 0. The van der Waals surface area contributed by atoms with Crippen molar-refractivity contribution >= 4 is 29.1 Å². The number of ether oxygens (including phenoxy) is 3. The molecular formula is C34H52N4O6. The van der Waals surface area contributed by atoms with E-state index in [1.54, 1.807) is 25.9 Å². The standard InChI is InChI=1S/C34H52N4O6/c1-5-43-22-28(23-10-7-6-8-11-23)36-31(39)24-18-25(21-35-20-24)32(40)38(26-12-13-26)27-14-15-30-29(19-27)37(16-9-17-42-4)33(41)34(2,3)44-30/h14-15,19,23-26,28,35H,5-13,16-18,20-22H2,1-4H3,(H,36,39)/t24-,25+,28+/m0/s1. The van der Waals surface area contributed by atoms with Crippen LogP contribution in [0.15, 0.2) is 18.2 Å². The molecule has 10 nitrogen and oxygen atoms in total. The molecule has 1 aromatic rings. The Kier molecular flexibility index (Phi) is 10.9. The van der Waals surface area contributed by atoms with Gasteiger partial charge in [-0.3, -0.25) is 14.4 Å². The third kappa shape index (κ3) is 7.57. The molecule has 3 atom stereocenters. The maximum Gasteiger partial charge on any atom is 0.270 e. The van der Waals surface area contributed by atoms with E-state index in [0.29, 0.717) is 69.7 Å². The first-order chi connectivity index (χ1) is 21.2. The number of methoxy groups -OCH3 is 1. The maximum absolute atomic E-state index is 14.2. The molecule has 2 saturated carbocycles. The summed E-state index contributed by atoms with van der Waals surface area (Å²) in [4.78, 5) is 44.8. The first kappa shape index (κ1) is 32.7. The summed E-state index contributed by atoms with van der Waals surface area (Å²) in [6.07, 6.45) is 8.99. The molecule has 5 rings (SSSR count). The molecule has 44 heavy (non-hydrogen) atoms. The Morgan fingerprint density at radius 3 is 2.59 bits per heavy atom. The van der Waals surface area contributed by atoms with Crippen molar-refractivity contribution in [3.63, 3.8) is 0 Å². The molecule has 2 aliphatic heterocycles. The minimum atomic E-state index is -0.977. The van der Waals surface area contributed by atoms with E-state index >= 15 is 0 Å². The zero-order chi connectivity index (χ0) is 31.3. The topological polar surface area (TPSA) is 109 Å². The smallest absolute Gasteiger partial charge is 0.270 e. The van der Waals surface area contributed by atoms with Crippen LogP contribution in [0.5, 0.6) is 5.75 Å². The minimum Gasteiger partial charge on any atom is -0.476 e. The molecule has 0 unspecified atom stereocenters. The molecule has 0 bridgehead atoms. The predicted octanol–water partition coefficient (Wildman–Crippen LogP) is 4.05. The number of amides is 3. The highest BCUT2D eigenvalue weighted by molar-refractivity contribution is 6.04. The average Bonchev–Trinajstić information content (AvgIpc) is 3.87. The monoisotopic (exact) mass is 612 g/mol. The Labute approximate surface area is 262 Å². The van der Waals surface area contributed by atoms with Crippen LogP contribution in [0.3, 0.4) is 0 Å². The van der Waals surface area contributed by atoms with E-state index in [2.05, 4.69) is 10.6 Å². The Morgan fingerprint density at radius 2 is 1.89 bits per heavy atom. The van der Waals surface area contributed by atoms with Gasteiger partial charge in [0.25, 0.3) is 5.91 Å². The Hall–Kier alpha value is -2.69. The molecule has 3 fully saturated rings. The molecule has 1 saturated heterocycles. The van der Waals surface area contributed by atoms with Gasteiger partial charge >= 0.3 is 0 Å². The molecule has 10 heteroatoms. The number of carbonyl (C=O) groups excluding carboxylic acids is 3. The zero-order valence-corrected chi connectivity index (χ0v) is 27.1. The van der Waals surface area contributed by atoms with Gasteiger partial charge in [0.15, 0.2) is 5.60 Å². The largest absolute Gasteiger partial charge is 0.476 e. The summed E-state index contributed by atoms with van der Waals surface area (Å²) < 4.78 is 17.1. The molecule has 0 aromatic heterocycles. The molecule has 1 aromatic carbocycles. The van der Waals surface area contributed by atoms with Gasteiger partial charge in [0.1, 0.15) is 5.75 Å². The van der Waals surface area contributed by atoms with Crippen LogP contribution in [0.25, 0.3) is 0 Å². The van der Waals surface area contributed by atoms with Crippen molar-refractivity contribution in [2.24, 2.45) is 17.8 Å². The Morgan fingerprint density at radius 1 is 1.14 bits per heavy atom. The van der Waals surface area contributed by atoms with Gasteiger partial charge in [0, 0.05) is 51.7 Å². The van der Waals surface area contributed by atoms with E-state index in [0.717, 1.165) is 31.4 Å². The van der Waals surface area contributed by atoms with E-state index in [4.69, 9.17) is 14.2 Å². The number of nitrogens with zero attached hydrogens (tertiary/aromatic N) is 2.